The standard InChI is InChI=1S/C20H20FNO4/c21-16-11-9-15(10-12-16)18(23)7-4-8-19(24)22-17(13-26-20(22)25)14-5-2-1-3-6-14/h1-3,5-6,9-12,17-18,23H,4,7-8,13H2. The molecule has 0 aromatic heterocycles. The van der Waals surface area contributed by atoms with Crippen LogP contribution in [0, 0.1) is 5.82 Å². The number of rotatable bonds is 6. The van der Waals surface area contributed by atoms with Crippen molar-refractivity contribution >= 4 is 12.0 Å². The van der Waals surface area contributed by atoms with Crippen LogP contribution in [0.5, 0.6) is 0 Å². The van der Waals surface area contributed by atoms with Crippen LogP contribution in [-0.4, -0.2) is 28.6 Å². The van der Waals surface area contributed by atoms with Crippen LogP contribution in [0.3, 0.4) is 0 Å². The number of cyclic esters (lactones) is 1. The molecule has 2 unspecified atom stereocenters. The highest BCUT2D eigenvalue weighted by molar-refractivity contribution is 5.93. The Morgan fingerprint density at radius 2 is 1.88 bits per heavy atom. The Morgan fingerprint density at radius 1 is 1.19 bits per heavy atom. The molecule has 0 saturated carbocycles. The van der Waals surface area contributed by atoms with E-state index in [1.165, 1.54) is 24.3 Å². The van der Waals surface area contributed by atoms with E-state index in [-0.39, 0.29) is 24.8 Å². The lowest BCUT2D eigenvalue weighted by Gasteiger charge is -2.20. The van der Waals surface area contributed by atoms with E-state index in [4.69, 9.17) is 4.74 Å². The molecule has 1 heterocycles. The van der Waals surface area contributed by atoms with Gasteiger partial charge in [-0.25, -0.2) is 14.1 Å². The highest BCUT2D eigenvalue weighted by atomic mass is 19.1. The van der Waals surface area contributed by atoms with E-state index < -0.39 is 18.2 Å². The molecule has 2 aromatic carbocycles. The summed E-state index contributed by atoms with van der Waals surface area (Å²) < 4.78 is 18.0. The molecule has 2 atom stereocenters. The predicted octanol–water partition coefficient (Wildman–Crippen LogP) is 3.75. The summed E-state index contributed by atoms with van der Waals surface area (Å²) in [5, 5.41) is 10.1. The van der Waals surface area contributed by atoms with Crippen LogP contribution in [-0.2, 0) is 9.53 Å². The molecule has 1 saturated heterocycles. The van der Waals surface area contributed by atoms with Gasteiger partial charge < -0.3 is 9.84 Å². The third-order valence-electron chi connectivity index (χ3n) is 4.45. The number of carbonyl (C=O) groups excluding carboxylic acids is 2. The summed E-state index contributed by atoms with van der Waals surface area (Å²) in [4.78, 5) is 25.6. The van der Waals surface area contributed by atoms with Crippen LogP contribution in [0.2, 0.25) is 0 Å². The summed E-state index contributed by atoms with van der Waals surface area (Å²) in [5.41, 5.74) is 1.44. The van der Waals surface area contributed by atoms with Gasteiger partial charge in [-0.3, -0.25) is 4.79 Å². The molecule has 0 aliphatic carbocycles. The first-order valence-electron chi connectivity index (χ1n) is 8.53. The molecular weight excluding hydrogens is 337 g/mol. The molecule has 136 valence electrons. The fraction of sp³-hybridized carbons (Fsp3) is 0.300. The summed E-state index contributed by atoms with van der Waals surface area (Å²) in [5.74, 6) is -0.691. The molecule has 26 heavy (non-hydrogen) atoms. The third-order valence-corrected chi connectivity index (χ3v) is 4.45. The minimum Gasteiger partial charge on any atom is -0.446 e. The average molecular weight is 357 g/mol. The van der Waals surface area contributed by atoms with Crippen molar-refractivity contribution in [1.29, 1.82) is 0 Å². The van der Waals surface area contributed by atoms with Gasteiger partial charge in [-0.2, -0.15) is 0 Å². The molecule has 5 nitrogen and oxygen atoms in total. The molecule has 2 aromatic rings. The minimum atomic E-state index is -0.779. The van der Waals surface area contributed by atoms with E-state index in [1.807, 2.05) is 30.3 Å². The highest BCUT2D eigenvalue weighted by Crippen LogP contribution is 2.29. The number of imide groups is 1. The summed E-state index contributed by atoms with van der Waals surface area (Å²) in [6.45, 7) is 0.146. The highest BCUT2D eigenvalue weighted by Gasteiger charge is 2.38. The van der Waals surface area contributed by atoms with Crippen molar-refractivity contribution in [2.24, 2.45) is 0 Å². The summed E-state index contributed by atoms with van der Waals surface area (Å²) in [6, 6.07) is 14.5. The molecule has 1 aliphatic rings. The van der Waals surface area contributed by atoms with Gasteiger partial charge in [0.25, 0.3) is 0 Å². The fourth-order valence-electron chi connectivity index (χ4n) is 3.04. The zero-order valence-corrected chi connectivity index (χ0v) is 14.2. The van der Waals surface area contributed by atoms with Gasteiger partial charge in [0.15, 0.2) is 0 Å². The normalized spacial score (nSPS) is 17.8. The topological polar surface area (TPSA) is 66.8 Å². The van der Waals surface area contributed by atoms with Crippen LogP contribution in [0.15, 0.2) is 54.6 Å². The van der Waals surface area contributed by atoms with Crippen LogP contribution >= 0.6 is 0 Å². The second-order valence-electron chi connectivity index (χ2n) is 6.23. The third kappa shape index (κ3) is 4.08. The van der Waals surface area contributed by atoms with Crippen molar-refractivity contribution in [3.63, 3.8) is 0 Å². The van der Waals surface area contributed by atoms with Crippen molar-refractivity contribution in [3.8, 4) is 0 Å². The molecule has 0 radical (unpaired) electrons. The van der Waals surface area contributed by atoms with Gasteiger partial charge >= 0.3 is 6.09 Å². The van der Waals surface area contributed by atoms with Crippen LogP contribution in [0.4, 0.5) is 9.18 Å². The number of aliphatic hydroxyl groups is 1. The van der Waals surface area contributed by atoms with Crippen LogP contribution in [0.25, 0.3) is 0 Å². The maximum absolute atomic E-state index is 12.9. The zero-order valence-electron chi connectivity index (χ0n) is 14.2. The Morgan fingerprint density at radius 3 is 2.58 bits per heavy atom. The quantitative estimate of drug-likeness (QED) is 0.855. The van der Waals surface area contributed by atoms with E-state index in [9.17, 15) is 19.1 Å². The molecular formula is C20H20FNO4. The Kier molecular flexibility index (Phi) is 5.63. The van der Waals surface area contributed by atoms with Gasteiger partial charge in [-0.05, 0) is 36.1 Å². The van der Waals surface area contributed by atoms with Crippen molar-refractivity contribution in [2.45, 2.75) is 31.4 Å². The summed E-state index contributed by atoms with van der Waals surface area (Å²) >= 11 is 0. The number of halogens is 1. The SMILES string of the molecule is O=C(CCCC(O)c1ccc(F)cc1)N1C(=O)OCC1c1ccccc1. The van der Waals surface area contributed by atoms with Crippen molar-refractivity contribution in [1.82, 2.24) is 4.90 Å². The van der Waals surface area contributed by atoms with E-state index >= 15 is 0 Å². The van der Waals surface area contributed by atoms with Crippen LogP contribution in [0.1, 0.15) is 42.5 Å². The fourth-order valence-corrected chi connectivity index (χ4v) is 3.04. The summed E-state index contributed by atoms with van der Waals surface area (Å²) in [7, 11) is 0. The molecule has 1 N–H and O–H groups in total. The Bertz CT molecular complexity index is 763. The lowest BCUT2D eigenvalue weighted by atomic mass is 10.0. The van der Waals surface area contributed by atoms with Gasteiger partial charge in [-0.1, -0.05) is 42.5 Å². The zero-order chi connectivity index (χ0) is 18.5. The first kappa shape index (κ1) is 18.1. The number of hydrogen-bond donors (Lipinski definition) is 1. The second kappa shape index (κ2) is 8.10. The number of aliphatic hydroxyl groups excluding tert-OH is 1. The van der Waals surface area contributed by atoms with Crippen LogP contribution < -0.4 is 0 Å². The van der Waals surface area contributed by atoms with Gasteiger partial charge in [-0.15, -0.1) is 0 Å². The average Bonchev–Trinajstić information content (AvgIpc) is 3.04. The number of benzene rings is 2. The largest absolute Gasteiger partial charge is 0.446 e. The lowest BCUT2D eigenvalue weighted by Crippen LogP contribution is -2.34. The van der Waals surface area contributed by atoms with Gasteiger partial charge in [0.2, 0.25) is 5.91 Å². The number of amides is 2. The van der Waals surface area contributed by atoms with E-state index in [0.717, 1.165) is 10.5 Å². The number of carbonyl (C=O) groups is 2. The predicted molar refractivity (Wildman–Crippen MR) is 92.6 cm³/mol. The number of nitrogens with zero attached hydrogens (tertiary/aromatic N) is 1. The number of ether oxygens (including phenoxy) is 1. The van der Waals surface area contributed by atoms with E-state index in [1.54, 1.807) is 0 Å². The van der Waals surface area contributed by atoms with Gasteiger partial charge in [0.05, 0.1) is 6.10 Å². The molecule has 1 aliphatic heterocycles. The molecule has 0 bridgehead atoms. The lowest BCUT2D eigenvalue weighted by molar-refractivity contribution is -0.129. The first-order valence-corrected chi connectivity index (χ1v) is 8.53. The van der Waals surface area contributed by atoms with Crippen molar-refractivity contribution in [3.05, 3.63) is 71.5 Å². The monoisotopic (exact) mass is 357 g/mol. The Hall–Kier alpha value is -2.73. The van der Waals surface area contributed by atoms with E-state index in [2.05, 4.69) is 0 Å². The maximum Gasteiger partial charge on any atom is 0.417 e. The van der Waals surface area contributed by atoms with E-state index in [0.29, 0.717) is 18.4 Å². The second-order valence-corrected chi connectivity index (χ2v) is 6.23. The van der Waals surface area contributed by atoms with Gasteiger partial charge in [0, 0.05) is 6.42 Å². The smallest absolute Gasteiger partial charge is 0.417 e. The first-order chi connectivity index (χ1) is 12.6. The molecule has 3 rings (SSSR count). The molecule has 1 fully saturated rings. The molecule has 6 heteroatoms. The molecule has 0 spiro atoms. The minimum absolute atomic E-state index is 0.122. The summed E-state index contributed by atoms with van der Waals surface area (Å²) in [6.07, 6.45) is -0.544. The maximum atomic E-state index is 12.9. The Labute approximate surface area is 151 Å². The number of hydrogen-bond acceptors (Lipinski definition) is 4. The Balaban J connectivity index is 1.56. The van der Waals surface area contributed by atoms with Crippen molar-refractivity contribution < 1.29 is 23.8 Å². The van der Waals surface area contributed by atoms with Gasteiger partial charge in [0.1, 0.15) is 18.5 Å². The molecule has 2 amide bonds. The van der Waals surface area contributed by atoms with Crippen molar-refractivity contribution in [2.75, 3.05) is 6.61 Å².